The second-order valence-corrected chi connectivity index (χ2v) is 5.66. The molecule has 6 heteroatoms. The predicted molar refractivity (Wildman–Crippen MR) is 70.6 cm³/mol. The molecule has 104 valence electrons. The molecule has 3 heterocycles. The van der Waals surface area contributed by atoms with Crippen molar-refractivity contribution in [3.63, 3.8) is 0 Å². The molecule has 1 aromatic rings. The van der Waals surface area contributed by atoms with E-state index < -0.39 is 5.79 Å². The summed E-state index contributed by atoms with van der Waals surface area (Å²) in [4.78, 5) is 14.9. The lowest BCUT2D eigenvalue weighted by molar-refractivity contribution is -0.181. The Morgan fingerprint density at radius 2 is 2.05 bits per heavy atom. The molecule has 1 aromatic heterocycles. The Morgan fingerprint density at radius 3 is 2.63 bits per heavy atom. The Hall–Kier alpha value is -1.11. The molecule has 2 saturated heterocycles. The SMILES string of the molecule is COc1csc(C(=O)N2CCC3(CC2)OCCO3)c1. The molecule has 0 radical (unpaired) electrons. The second kappa shape index (κ2) is 5.11. The lowest BCUT2D eigenvalue weighted by atomic mass is 10.0. The summed E-state index contributed by atoms with van der Waals surface area (Å²) in [6, 6.07) is 1.79. The lowest BCUT2D eigenvalue weighted by Crippen LogP contribution is -2.47. The number of methoxy groups -OCH3 is 1. The fourth-order valence-electron chi connectivity index (χ4n) is 2.53. The lowest BCUT2D eigenvalue weighted by Gasteiger charge is -2.37. The average molecular weight is 283 g/mol. The van der Waals surface area contributed by atoms with Crippen LogP contribution in [-0.2, 0) is 9.47 Å². The number of carbonyl (C=O) groups is 1. The maximum Gasteiger partial charge on any atom is 0.264 e. The van der Waals surface area contributed by atoms with Crippen molar-refractivity contribution in [3.8, 4) is 5.75 Å². The van der Waals surface area contributed by atoms with Crippen molar-refractivity contribution < 1.29 is 19.0 Å². The Bertz CT molecular complexity index is 457. The third-order valence-electron chi connectivity index (χ3n) is 3.65. The maximum atomic E-state index is 12.3. The molecule has 2 aliphatic rings. The van der Waals surface area contributed by atoms with Gasteiger partial charge in [-0.05, 0) is 0 Å². The summed E-state index contributed by atoms with van der Waals surface area (Å²) in [5, 5.41) is 1.85. The van der Waals surface area contributed by atoms with Gasteiger partial charge in [-0.15, -0.1) is 11.3 Å². The van der Waals surface area contributed by atoms with Crippen molar-refractivity contribution in [3.05, 3.63) is 16.3 Å². The summed E-state index contributed by atoms with van der Waals surface area (Å²) < 4.78 is 16.4. The number of thiophene rings is 1. The van der Waals surface area contributed by atoms with Gasteiger partial charge in [0, 0.05) is 37.4 Å². The molecule has 1 spiro atoms. The van der Waals surface area contributed by atoms with E-state index in [2.05, 4.69) is 0 Å². The Balaban J connectivity index is 1.63. The second-order valence-electron chi connectivity index (χ2n) is 4.75. The minimum Gasteiger partial charge on any atom is -0.496 e. The van der Waals surface area contributed by atoms with Gasteiger partial charge in [-0.1, -0.05) is 0 Å². The van der Waals surface area contributed by atoms with Crippen LogP contribution in [0.2, 0.25) is 0 Å². The molecule has 0 saturated carbocycles. The molecule has 0 bridgehead atoms. The number of rotatable bonds is 2. The molecule has 19 heavy (non-hydrogen) atoms. The molecule has 0 N–H and O–H groups in total. The minimum atomic E-state index is -0.427. The number of hydrogen-bond acceptors (Lipinski definition) is 5. The summed E-state index contributed by atoms with van der Waals surface area (Å²) in [5.74, 6) is 0.384. The highest BCUT2D eigenvalue weighted by Crippen LogP contribution is 2.32. The zero-order chi connectivity index (χ0) is 13.3. The van der Waals surface area contributed by atoms with E-state index in [0.717, 1.165) is 23.5 Å². The first kappa shape index (κ1) is 12.9. The van der Waals surface area contributed by atoms with Crippen LogP contribution in [-0.4, -0.2) is 50.0 Å². The number of nitrogens with zero attached hydrogens (tertiary/aromatic N) is 1. The minimum absolute atomic E-state index is 0.0705. The van der Waals surface area contributed by atoms with Crippen LogP contribution in [0.5, 0.6) is 5.75 Å². The first-order valence-electron chi connectivity index (χ1n) is 6.42. The molecule has 0 aliphatic carbocycles. The first-order valence-corrected chi connectivity index (χ1v) is 7.30. The predicted octanol–water partition coefficient (Wildman–Crippen LogP) is 1.74. The number of piperidine rings is 1. The van der Waals surface area contributed by atoms with Crippen molar-refractivity contribution in [2.45, 2.75) is 18.6 Å². The van der Waals surface area contributed by atoms with Gasteiger partial charge in [-0.25, -0.2) is 0 Å². The summed E-state index contributed by atoms with van der Waals surface area (Å²) in [6.45, 7) is 2.68. The van der Waals surface area contributed by atoms with Gasteiger partial charge in [0.05, 0.1) is 25.2 Å². The number of ether oxygens (including phenoxy) is 3. The van der Waals surface area contributed by atoms with E-state index >= 15 is 0 Å². The molecule has 1 amide bonds. The molecule has 2 aliphatic heterocycles. The van der Waals surface area contributed by atoms with Gasteiger partial charge in [-0.3, -0.25) is 4.79 Å². The van der Waals surface area contributed by atoms with Crippen LogP contribution in [0.4, 0.5) is 0 Å². The topological polar surface area (TPSA) is 48.0 Å². The van der Waals surface area contributed by atoms with Crippen LogP contribution in [0.25, 0.3) is 0 Å². The standard InChI is InChI=1S/C13H17NO4S/c1-16-10-8-11(19-9-10)12(15)14-4-2-13(3-5-14)17-6-7-18-13/h8-9H,2-7H2,1H3. The van der Waals surface area contributed by atoms with Gasteiger partial charge in [0.2, 0.25) is 0 Å². The first-order chi connectivity index (χ1) is 9.22. The van der Waals surface area contributed by atoms with E-state index in [4.69, 9.17) is 14.2 Å². The van der Waals surface area contributed by atoms with Gasteiger partial charge in [-0.2, -0.15) is 0 Å². The number of hydrogen-bond donors (Lipinski definition) is 0. The molecule has 3 rings (SSSR count). The third-order valence-corrected chi connectivity index (χ3v) is 4.54. The van der Waals surface area contributed by atoms with Crippen molar-refractivity contribution >= 4 is 17.2 Å². The molecule has 0 aromatic carbocycles. The van der Waals surface area contributed by atoms with Crippen molar-refractivity contribution in [2.75, 3.05) is 33.4 Å². The van der Waals surface area contributed by atoms with Crippen molar-refractivity contribution in [2.24, 2.45) is 0 Å². The molecule has 0 unspecified atom stereocenters. The van der Waals surface area contributed by atoms with E-state index in [9.17, 15) is 4.79 Å². The average Bonchev–Trinajstić information content (AvgIpc) is 3.08. The van der Waals surface area contributed by atoms with Crippen molar-refractivity contribution in [1.29, 1.82) is 0 Å². The Kier molecular flexibility index (Phi) is 3.47. The van der Waals surface area contributed by atoms with Crippen LogP contribution in [0.3, 0.4) is 0 Å². The maximum absolute atomic E-state index is 12.3. The Morgan fingerprint density at radius 1 is 1.37 bits per heavy atom. The van der Waals surface area contributed by atoms with E-state index in [0.29, 0.717) is 26.3 Å². The zero-order valence-corrected chi connectivity index (χ0v) is 11.7. The highest BCUT2D eigenvalue weighted by atomic mass is 32.1. The Labute approximate surface area is 116 Å². The van der Waals surface area contributed by atoms with Crippen LogP contribution in [0.15, 0.2) is 11.4 Å². The van der Waals surface area contributed by atoms with Crippen LogP contribution >= 0.6 is 11.3 Å². The summed E-state index contributed by atoms with van der Waals surface area (Å²) >= 11 is 1.42. The highest BCUT2D eigenvalue weighted by Gasteiger charge is 2.40. The molecule has 0 atom stereocenters. The van der Waals surface area contributed by atoms with Crippen LogP contribution in [0, 0.1) is 0 Å². The fourth-order valence-corrected chi connectivity index (χ4v) is 3.35. The number of carbonyl (C=O) groups excluding carboxylic acids is 1. The zero-order valence-electron chi connectivity index (χ0n) is 10.9. The fraction of sp³-hybridized carbons (Fsp3) is 0.615. The quantitative estimate of drug-likeness (QED) is 0.829. The van der Waals surface area contributed by atoms with E-state index in [1.165, 1.54) is 11.3 Å². The molecule has 2 fully saturated rings. The van der Waals surface area contributed by atoms with Gasteiger partial charge in [0.1, 0.15) is 5.75 Å². The van der Waals surface area contributed by atoms with Crippen molar-refractivity contribution in [1.82, 2.24) is 4.90 Å². The smallest absolute Gasteiger partial charge is 0.264 e. The molecular weight excluding hydrogens is 266 g/mol. The van der Waals surface area contributed by atoms with Gasteiger partial charge < -0.3 is 19.1 Å². The van der Waals surface area contributed by atoms with Gasteiger partial charge >= 0.3 is 0 Å². The van der Waals surface area contributed by atoms with E-state index in [-0.39, 0.29) is 5.91 Å². The summed E-state index contributed by atoms with van der Waals surface area (Å²) in [6.07, 6.45) is 1.50. The molecular formula is C13H17NO4S. The largest absolute Gasteiger partial charge is 0.496 e. The molecule has 5 nitrogen and oxygen atoms in total. The number of amides is 1. The summed E-state index contributed by atoms with van der Waals surface area (Å²) in [7, 11) is 1.61. The van der Waals surface area contributed by atoms with E-state index in [1.807, 2.05) is 10.3 Å². The monoisotopic (exact) mass is 283 g/mol. The van der Waals surface area contributed by atoms with Crippen LogP contribution in [0.1, 0.15) is 22.5 Å². The van der Waals surface area contributed by atoms with E-state index in [1.54, 1.807) is 13.2 Å². The number of likely N-dealkylation sites (tertiary alicyclic amines) is 1. The van der Waals surface area contributed by atoms with Crippen LogP contribution < -0.4 is 4.74 Å². The normalized spacial score (nSPS) is 21.8. The third kappa shape index (κ3) is 2.48. The van der Waals surface area contributed by atoms with Gasteiger partial charge in [0.25, 0.3) is 5.91 Å². The highest BCUT2D eigenvalue weighted by molar-refractivity contribution is 7.12. The van der Waals surface area contributed by atoms with Gasteiger partial charge in [0.15, 0.2) is 5.79 Å². The summed E-state index contributed by atoms with van der Waals surface area (Å²) in [5.41, 5.74) is 0.